The molecule has 1 aromatic rings. The molecule has 90 valence electrons. The first kappa shape index (κ1) is 13.9. The number of hydrogen-bond donors (Lipinski definition) is 1. The Morgan fingerprint density at radius 3 is 2.69 bits per heavy atom. The van der Waals surface area contributed by atoms with Crippen LogP contribution in [0.25, 0.3) is 0 Å². The molecule has 1 N–H and O–H groups in total. The molecule has 0 aliphatic rings. The van der Waals surface area contributed by atoms with Crippen molar-refractivity contribution < 1.29 is 4.39 Å². The van der Waals surface area contributed by atoms with Gasteiger partial charge < -0.3 is 5.32 Å². The third-order valence-corrected chi connectivity index (χ3v) is 3.55. The molecule has 1 atom stereocenters. The Bertz CT molecular complexity index is 344. The van der Waals surface area contributed by atoms with Crippen LogP contribution in [0, 0.1) is 11.7 Å². The van der Waals surface area contributed by atoms with Gasteiger partial charge in [-0.25, -0.2) is 4.39 Å². The molecule has 0 aromatic heterocycles. The Hall–Kier alpha value is -0.120. The average molecular weight is 309 g/mol. The average Bonchev–Trinajstić information content (AvgIpc) is 2.24. The third kappa shape index (κ3) is 3.72. The molecular formula is C12H16BrClFN. The Morgan fingerprint density at radius 2 is 2.12 bits per heavy atom. The van der Waals surface area contributed by atoms with E-state index in [1.807, 2.05) is 0 Å². The quantitative estimate of drug-likeness (QED) is 0.811. The van der Waals surface area contributed by atoms with Crippen molar-refractivity contribution in [1.82, 2.24) is 5.32 Å². The van der Waals surface area contributed by atoms with Gasteiger partial charge in [-0.05, 0) is 12.0 Å². The predicted octanol–water partition coefficient (Wildman–Crippen LogP) is 3.99. The molecule has 1 rings (SSSR count). The van der Waals surface area contributed by atoms with Gasteiger partial charge in [-0.3, -0.25) is 0 Å². The lowest BCUT2D eigenvalue weighted by molar-refractivity contribution is 0.429. The summed E-state index contributed by atoms with van der Waals surface area (Å²) < 4.78 is 13.6. The molecule has 4 heteroatoms. The summed E-state index contributed by atoms with van der Waals surface area (Å²) in [5.41, 5.74) is 0.610. The minimum Gasteiger partial charge on any atom is -0.309 e. The van der Waals surface area contributed by atoms with Crippen LogP contribution in [0.2, 0.25) is 5.02 Å². The van der Waals surface area contributed by atoms with Gasteiger partial charge in [0, 0.05) is 23.5 Å². The molecule has 1 aromatic carbocycles. The summed E-state index contributed by atoms with van der Waals surface area (Å²) in [6, 6.07) is 5.41. The summed E-state index contributed by atoms with van der Waals surface area (Å²) in [4.78, 5) is 0. The van der Waals surface area contributed by atoms with Gasteiger partial charge in [0.25, 0.3) is 0 Å². The fourth-order valence-electron chi connectivity index (χ4n) is 1.39. The van der Waals surface area contributed by atoms with Gasteiger partial charge in [0.15, 0.2) is 0 Å². The summed E-state index contributed by atoms with van der Waals surface area (Å²) in [6.45, 7) is 4.77. The van der Waals surface area contributed by atoms with Crippen LogP contribution in [0.1, 0.15) is 19.4 Å². The van der Waals surface area contributed by atoms with Crippen LogP contribution in [-0.4, -0.2) is 11.4 Å². The van der Waals surface area contributed by atoms with Gasteiger partial charge in [-0.2, -0.15) is 0 Å². The summed E-state index contributed by atoms with van der Waals surface area (Å²) >= 11 is 9.15. The molecule has 1 nitrogen and oxygen atoms in total. The Labute approximate surface area is 110 Å². The fraction of sp³-hybridized carbons (Fsp3) is 0.500. The van der Waals surface area contributed by atoms with E-state index in [2.05, 4.69) is 35.1 Å². The number of hydrogen-bond acceptors (Lipinski definition) is 1. The number of nitrogens with one attached hydrogen (secondary N) is 1. The first-order valence-electron chi connectivity index (χ1n) is 5.28. The second-order valence-corrected chi connectivity index (χ2v) is 5.15. The fourth-order valence-corrected chi connectivity index (χ4v) is 2.57. The minimum absolute atomic E-state index is 0.180. The molecular weight excluding hydrogens is 292 g/mol. The van der Waals surface area contributed by atoms with Crippen molar-refractivity contribution >= 4 is 27.5 Å². The molecule has 0 saturated heterocycles. The van der Waals surface area contributed by atoms with E-state index < -0.39 is 0 Å². The first-order valence-corrected chi connectivity index (χ1v) is 6.78. The van der Waals surface area contributed by atoms with E-state index in [0.717, 1.165) is 5.33 Å². The summed E-state index contributed by atoms with van der Waals surface area (Å²) in [6.07, 6.45) is 0. The third-order valence-electron chi connectivity index (χ3n) is 2.56. The Morgan fingerprint density at radius 1 is 1.44 bits per heavy atom. The molecule has 16 heavy (non-hydrogen) atoms. The van der Waals surface area contributed by atoms with Crippen molar-refractivity contribution in [3.63, 3.8) is 0 Å². The van der Waals surface area contributed by atoms with Crippen molar-refractivity contribution in [2.75, 3.05) is 5.33 Å². The van der Waals surface area contributed by atoms with E-state index in [4.69, 9.17) is 11.6 Å². The molecule has 0 bridgehead atoms. The van der Waals surface area contributed by atoms with Crippen LogP contribution in [0.15, 0.2) is 18.2 Å². The second kappa shape index (κ2) is 6.58. The molecule has 0 amide bonds. The highest BCUT2D eigenvalue weighted by molar-refractivity contribution is 9.09. The topological polar surface area (TPSA) is 12.0 Å². The number of rotatable bonds is 5. The number of halogens is 3. The standard InChI is InChI=1S/C12H16BrClFN/c1-8(2)11(6-13)16-7-9-4-3-5-10(14)12(9)15/h3-5,8,11,16H,6-7H2,1-2H3. The maximum absolute atomic E-state index is 13.6. The number of alkyl halides is 1. The van der Waals surface area contributed by atoms with Crippen LogP contribution in [0.5, 0.6) is 0 Å². The van der Waals surface area contributed by atoms with Gasteiger partial charge in [-0.15, -0.1) is 0 Å². The van der Waals surface area contributed by atoms with Gasteiger partial charge in [0.2, 0.25) is 0 Å². The van der Waals surface area contributed by atoms with Crippen LogP contribution < -0.4 is 5.32 Å². The second-order valence-electron chi connectivity index (χ2n) is 4.10. The van der Waals surface area contributed by atoms with Crippen molar-refractivity contribution in [2.45, 2.75) is 26.4 Å². The van der Waals surface area contributed by atoms with E-state index in [1.165, 1.54) is 0 Å². The highest BCUT2D eigenvalue weighted by atomic mass is 79.9. The van der Waals surface area contributed by atoms with E-state index in [1.54, 1.807) is 18.2 Å². The lowest BCUT2D eigenvalue weighted by Gasteiger charge is -2.20. The minimum atomic E-state index is -0.325. The maximum Gasteiger partial charge on any atom is 0.146 e. The molecule has 0 fully saturated rings. The van der Waals surface area contributed by atoms with E-state index in [9.17, 15) is 4.39 Å². The lowest BCUT2D eigenvalue weighted by Crippen LogP contribution is -2.34. The lowest BCUT2D eigenvalue weighted by atomic mass is 10.1. The van der Waals surface area contributed by atoms with E-state index in [-0.39, 0.29) is 10.8 Å². The summed E-state index contributed by atoms with van der Waals surface area (Å²) in [5, 5.41) is 4.34. The monoisotopic (exact) mass is 307 g/mol. The van der Waals surface area contributed by atoms with Crippen LogP contribution in [-0.2, 0) is 6.54 Å². The zero-order valence-corrected chi connectivity index (χ0v) is 11.8. The van der Waals surface area contributed by atoms with Crippen molar-refractivity contribution in [3.8, 4) is 0 Å². The van der Waals surface area contributed by atoms with Crippen molar-refractivity contribution in [2.24, 2.45) is 5.92 Å². The van der Waals surface area contributed by atoms with E-state index in [0.29, 0.717) is 24.1 Å². The molecule has 0 aliphatic carbocycles. The van der Waals surface area contributed by atoms with Crippen LogP contribution in [0.4, 0.5) is 4.39 Å². The van der Waals surface area contributed by atoms with Crippen molar-refractivity contribution in [3.05, 3.63) is 34.6 Å². The molecule has 0 radical (unpaired) electrons. The highest BCUT2D eigenvalue weighted by Gasteiger charge is 2.12. The van der Waals surface area contributed by atoms with Crippen LogP contribution >= 0.6 is 27.5 Å². The zero-order valence-electron chi connectivity index (χ0n) is 9.43. The maximum atomic E-state index is 13.6. The molecule has 0 spiro atoms. The van der Waals surface area contributed by atoms with Gasteiger partial charge in [-0.1, -0.05) is 53.5 Å². The van der Waals surface area contributed by atoms with Crippen LogP contribution in [0.3, 0.4) is 0 Å². The SMILES string of the molecule is CC(C)C(CBr)NCc1cccc(Cl)c1F. The predicted molar refractivity (Wildman–Crippen MR) is 70.7 cm³/mol. The highest BCUT2D eigenvalue weighted by Crippen LogP contribution is 2.18. The largest absolute Gasteiger partial charge is 0.309 e. The van der Waals surface area contributed by atoms with Gasteiger partial charge >= 0.3 is 0 Å². The molecule has 1 unspecified atom stereocenters. The molecule has 0 saturated carbocycles. The first-order chi connectivity index (χ1) is 7.56. The zero-order chi connectivity index (χ0) is 12.1. The summed E-state index contributed by atoms with van der Waals surface area (Å²) in [5.74, 6) is 0.176. The van der Waals surface area contributed by atoms with E-state index >= 15 is 0 Å². The smallest absolute Gasteiger partial charge is 0.146 e. The van der Waals surface area contributed by atoms with Gasteiger partial charge in [0.05, 0.1) is 5.02 Å². The Balaban J connectivity index is 2.64. The Kier molecular flexibility index (Phi) is 5.73. The number of benzene rings is 1. The van der Waals surface area contributed by atoms with Crippen molar-refractivity contribution in [1.29, 1.82) is 0 Å². The normalized spacial score (nSPS) is 13.1. The molecule has 0 heterocycles. The summed E-state index contributed by atoms with van der Waals surface area (Å²) in [7, 11) is 0. The molecule has 0 aliphatic heterocycles. The van der Waals surface area contributed by atoms with Gasteiger partial charge in [0.1, 0.15) is 5.82 Å².